The van der Waals surface area contributed by atoms with Crippen molar-refractivity contribution < 1.29 is 4.79 Å². The Kier molecular flexibility index (Phi) is 5.83. The third-order valence-corrected chi connectivity index (χ3v) is 5.05. The fourth-order valence-electron chi connectivity index (χ4n) is 2.67. The van der Waals surface area contributed by atoms with Gasteiger partial charge in [-0.15, -0.1) is 5.10 Å². The Balaban J connectivity index is 1.85. The molecule has 1 saturated carbocycles. The monoisotopic (exact) mass is 325 g/mol. The topological polar surface area (TPSA) is 72.7 Å². The number of amides is 1. The van der Waals surface area contributed by atoms with Gasteiger partial charge in [-0.25, -0.2) is 4.68 Å². The van der Waals surface area contributed by atoms with Crippen LogP contribution in [0.5, 0.6) is 0 Å². The van der Waals surface area contributed by atoms with Crippen LogP contribution in [0.15, 0.2) is 5.16 Å². The van der Waals surface area contributed by atoms with Crippen molar-refractivity contribution in [1.29, 1.82) is 0 Å². The Labute approximate surface area is 136 Å². The fraction of sp³-hybridized carbons (Fsp3) is 0.867. The van der Waals surface area contributed by atoms with E-state index < -0.39 is 0 Å². The van der Waals surface area contributed by atoms with Crippen LogP contribution < -0.4 is 5.32 Å². The zero-order chi connectivity index (χ0) is 16.2. The summed E-state index contributed by atoms with van der Waals surface area (Å²) in [4.78, 5) is 12.3. The first-order chi connectivity index (χ1) is 10.4. The van der Waals surface area contributed by atoms with E-state index in [0.29, 0.717) is 11.1 Å². The van der Waals surface area contributed by atoms with E-state index in [-0.39, 0.29) is 16.7 Å². The Morgan fingerprint density at radius 3 is 2.68 bits per heavy atom. The number of thioether (sulfide) groups is 1. The number of nitrogens with one attached hydrogen (secondary N) is 1. The number of rotatable bonds is 5. The van der Waals surface area contributed by atoms with E-state index in [1.165, 1.54) is 43.9 Å². The largest absolute Gasteiger partial charge is 0.355 e. The van der Waals surface area contributed by atoms with Crippen LogP contribution in [0.25, 0.3) is 0 Å². The Hall–Kier alpha value is -1.11. The lowest BCUT2D eigenvalue weighted by molar-refractivity contribution is -0.120. The van der Waals surface area contributed by atoms with Gasteiger partial charge in [0.1, 0.15) is 0 Å². The minimum atomic E-state index is -0.198. The van der Waals surface area contributed by atoms with Crippen LogP contribution in [-0.4, -0.2) is 37.9 Å². The first-order valence-corrected chi connectivity index (χ1v) is 8.99. The highest BCUT2D eigenvalue weighted by Gasteiger charge is 2.24. The third kappa shape index (κ3) is 4.69. The molecule has 7 heteroatoms. The van der Waals surface area contributed by atoms with Gasteiger partial charge in [0.2, 0.25) is 11.1 Å². The predicted octanol–water partition coefficient (Wildman–Crippen LogP) is 2.61. The van der Waals surface area contributed by atoms with Crippen LogP contribution in [0.2, 0.25) is 0 Å². The van der Waals surface area contributed by atoms with Crippen molar-refractivity contribution in [2.24, 2.45) is 5.92 Å². The van der Waals surface area contributed by atoms with Crippen molar-refractivity contribution in [3.8, 4) is 0 Å². The molecule has 0 bridgehead atoms. The van der Waals surface area contributed by atoms with Crippen molar-refractivity contribution in [1.82, 2.24) is 25.5 Å². The summed E-state index contributed by atoms with van der Waals surface area (Å²) in [5, 5.41) is 15.4. The van der Waals surface area contributed by atoms with Gasteiger partial charge in [0.15, 0.2) is 0 Å². The molecule has 1 fully saturated rings. The van der Waals surface area contributed by atoms with Crippen LogP contribution in [0, 0.1) is 5.92 Å². The SMILES string of the molecule is CC(Sc1nnnn1C(C)(C)C)C(=O)NCC1CCCCC1. The summed E-state index contributed by atoms with van der Waals surface area (Å²) in [6, 6.07) is 0. The Bertz CT molecular complexity index is 490. The highest BCUT2D eigenvalue weighted by atomic mass is 32.2. The Morgan fingerprint density at radius 2 is 2.05 bits per heavy atom. The van der Waals surface area contributed by atoms with E-state index in [1.54, 1.807) is 4.68 Å². The zero-order valence-corrected chi connectivity index (χ0v) is 14.8. The van der Waals surface area contributed by atoms with E-state index in [1.807, 2.05) is 27.7 Å². The van der Waals surface area contributed by atoms with Gasteiger partial charge in [0.05, 0.1) is 10.8 Å². The third-order valence-electron chi connectivity index (χ3n) is 4.02. The standard InChI is InChI=1S/C15H27N5OS/c1-11(13(21)16-10-12-8-6-5-7-9-12)22-14-17-18-19-20(14)15(2,3)4/h11-12H,5-10H2,1-4H3,(H,16,21). The lowest BCUT2D eigenvalue weighted by Crippen LogP contribution is -2.35. The molecule has 1 aromatic heterocycles. The smallest absolute Gasteiger partial charge is 0.233 e. The van der Waals surface area contributed by atoms with Crippen LogP contribution in [0.3, 0.4) is 0 Å². The van der Waals surface area contributed by atoms with Crippen molar-refractivity contribution in [3.63, 3.8) is 0 Å². The number of carbonyl (C=O) groups excluding carboxylic acids is 1. The Morgan fingerprint density at radius 1 is 1.36 bits per heavy atom. The number of nitrogens with zero attached hydrogens (tertiary/aromatic N) is 4. The second-order valence-corrected chi connectivity index (χ2v) is 8.36. The average molecular weight is 325 g/mol. The maximum atomic E-state index is 12.3. The molecular weight excluding hydrogens is 298 g/mol. The van der Waals surface area contributed by atoms with E-state index in [2.05, 4.69) is 20.8 Å². The number of aromatic nitrogens is 4. The molecular formula is C15H27N5OS. The summed E-state index contributed by atoms with van der Waals surface area (Å²) in [6.07, 6.45) is 6.41. The van der Waals surface area contributed by atoms with E-state index in [9.17, 15) is 4.79 Å². The first-order valence-electron chi connectivity index (χ1n) is 8.11. The molecule has 1 N–H and O–H groups in total. The van der Waals surface area contributed by atoms with Gasteiger partial charge in [0, 0.05) is 6.54 Å². The molecule has 0 aromatic carbocycles. The summed E-state index contributed by atoms with van der Waals surface area (Å²) in [6.45, 7) is 8.83. The molecule has 2 rings (SSSR count). The summed E-state index contributed by atoms with van der Waals surface area (Å²) < 4.78 is 1.77. The van der Waals surface area contributed by atoms with E-state index in [4.69, 9.17) is 0 Å². The molecule has 0 aliphatic heterocycles. The van der Waals surface area contributed by atoms with Crippen molar-refractivity contribution in [3.05, 3.63) is 0 Å². The van der Waals surface area contributed by atoms with Crippen molar-refractivity contribution in [2.75, 3.05) is 6.54 Å². The molecule has 1 unspecified atom stereocenters. The number of carbonyl (C=O) groups is 1. The van der Waals surface area contributed by atoms with Crippen LogP contribution in [0.4, 0.5) is 0 Å². The van der Waals surface area contributed by atoms with Crippen molar-refractivity contribution in [2.45, 2.75) is 75.7 Å². The molecule has 0 saturated heterocycles. The molecule has 1 heterocycles. The normalized spacial score (nSPS) is 18.2. The predicted molar refractivity (Wildman–Crippen MR) is 87.7 cm³/mol. The maximum absolute atomic E-state index is 12.3. The maximum Gasteiger partial charge on any atom is 0.233 e. The molecule has 1 atom stereocenters. The quantitative estimate of drug-likeness (QED) is 0.843. The molecule has 1 aromatic rings. The van der Waals surface area contributed by atoms with Gasteiger partial charge in [-0.1, -0.05) is 31.0 Å². The average Bonchev–Trinajstić information content (AvgIpc) is 2.94. The molecule has 6 nitrogen and oxygen atoms in total. The molecule has 1 amide bonds. The van der Waals surface area contributed by atoms with Gasteiger partial charge in [-0.3, -0.25) is 4.79 Å². The molecule has 0 radical (unpaired) electrons. The summed E-state index contributed by atoms with van der Waals surface area (Å²) in [5.41, 5.74) is -0.190. The van der Waals surface area contributed by atoms with Gasteiger partial charge < -0.3 is 5.32 Å². The lowest BCUT2D eigenvalue weighted by atomic mass is 9.89. The van der Waals surface area contributed by atoms with Crippen LogP contribution >= 0.6 is 11.8 Å². The minimum Gasteiger partial charge on any atom is -0.355 e. The van der Waals surface area contributed by atoms with Gasteiger partial charge in [-0.2, -0.15) is 0 Å². The van der Waals surface area contributed by atoms with Crippen molar-refractivity contribution >= 4 is 17.7 Å². The van der Waals surface area contributed by atoms with E-state index in [0.717, 1.165) is 6.54 Å². The molecule has 1 aliphatic carbocycles. The number of hydrogen-bond donors (Lipinski definition) is 1. The van der Waals surface area contributed by atoms with Crippen LogP contribution in [-0.2, 0) is 10.3 Å². The zero-order valence-electron chi connectivity index (χ0n) is 14.0. The van der Waals surface area contributed by atoms with Gasteiger partial charge in [-0.05, 0) is 56.9 Å². The molecule has 124 valence electrons. The highest BCUT2D eigenvalue weighted by molar-refractivity contribution is 8.00. The van der Waals surface area contributed by atoms with Crippen LogP contribution in [0.1, 0.15) is 59.8 Å². The summed E-state index contributed by atoms with van der Waals surface area (Å²) in [7, 11) is 0. The fourth-order valence-corrected chi connectivity index (χ4v) is 3.67. The van der Waals surface area contributed by atoms with Gasteiger partial charge >= 0.3 is 0 Å². The summed E-state index contributed by atoms with van der Waals surface area (Å²) >= 11 is 1.41. The molecule has 22 heavy (non-hydrogen) atoms. The molecule has 0 spiro atoms. The second kappa shape index (κ2) is 7.44. The summed E-state index contributed by atoms with van der Waals surface area (Å²) in [5.74, 6) is 0.717. The van der Waals surface area contributed by atoms with Gasteiger partial charge in [0.25, 0.3) is 0 Å². The number of hydrogen-bond acceptors (Lipinski definition) is 5. The second-order valence-electron chi connectivity index (χ2n) is 7.05. The first kappa shape index (κ1) is 17.2. The number of tetrazole rings is 1. The molecule has 1 aliphatic rings. The lowest BCUT2D eigenvalue weighted by Gasteiger charge is -2.23. The highest BCUT2D eigenvalue weighted by Crippen LogP contribution is 2.26. The minimum absolute atomic E-state index is 0.0685. The van der Waals surface area contributed by atoms with E-state index >= 15 is 0 Å².